The molecule has 0 aromatic heterocycles. The minimum absolute atomic E-state index is 0.527. The molecule has 2 N–H and O–H groups in total. The fourth-order valence-corrected chi connectivity index (χ4v) is 1.66. The normalized spacial score (nSPS) is 17.2. The van der Waals surface area contributed by atoms with Gasteiger partial charge in [-0.25, -0.2) is 10.9 Å². The van der Waals surface area contributed by atoms with E-state index in [1.54, 1.807) is 20.3 Å². The van der Waals surface area contributed by atoms with Gasteiger partial charge in [-0.05, 0) is 26.0 Å². The van der Waals surface area contributed by atoms with Crippen LogP contribution in [-0.2, 0) is 4.84 Å². The van der Waals surface area contributed by atoms with Crippen molar-refractivity contribution in [3.8, 4) is 11.5 Å². The van der Waals surface area contributed by atoms with E-state index in [2.05, 4.69) is 5.16 Å². The lowest BCUT2D eigenvalue weighted by Gasteiger charge is -2.26. The van der Waals surface area contributed by atoms with Gasteiger partial charge in [-0.2, -0.15) is 0 Å². The summed E-state index contributed by atoms with van der Waals surface area (Å²) < 4.78 is 10.5. The number of methoxy groups -OCH3 is 2. The van der Waals surface area contributed by atoms with Gasteiger partial charge in [0.2, 0.25) is 5.72 Å². The number of nitrogens with zero attached hydrogens (tertiary/aromatic N) is 2. The fourth-order valence-electron chi connectivity index (χ4n) is 1.66. The van der Waals surface area contributed by atoms with Crippen molar-refractivity contribution in [2.24, 2.45) is 11.0 Å². The van der Waals surface area contributed by atoms with Crippen LogP contribution < -0.4 is 15.3 Å². The Balaban J connectivity index is 2.40. The van der Waals surface area contributed by atoms with Crippen LogP contribution in [0.5, 0.6) is 11.5 Å². The number of ether oxygens (including phenoxy) is 2. The Hall–Kier alpha value is -1.95. The standard InChI is InChI=1S/C12H17N3O3/c1-12(2)15(13)11(14-18-12)9-6-5-8(16-3)7-10(9)17-4/h5-7H,13H2,1-4H3. The lowest BCUT2D eigenvalue weighted by atomic mass is 10.1. The SMILES string of the molecule is COc1ccc(C2=NOC(C)(C)N2N)c(OC)c1. The number of hydrogen-bond acceptors (Lipinski definition) is 6. The number of amidine groups is 1. The molecule has 0 saturated carbocycles. The first-order valence-corrected chi connectivity index (χ1v) is 5.53. The summed E-state index contributed by atoms with van der Waals surface area (Å²) in [7, 11) is 3.18. The molecule has 98 valence electrons. The van der Waals surface area contributed by atoms with E-state index in [0.717, 1.165) is 5.56 Å². The molecule has 6 heteroatoms. The summed E-state index contributed by atoms with van der Waals surface area (Å²) in [5.74, 6) is 7.84. The Morgan fingerprint density at radius 3 is 2.50 bits per heavy atom. The van der Waals surface area contributed by atoms with Gasteiger partial charge in [0.15, 0.2) is 5.84 Å². The molecule has 2 rings (SSSR count). The van der Waals surface area contributed by atoms with Crippen LogP contribution in [0.15, 0.2) is 23.4 Å². The average Bonchev–Trinajstić information content (AvgIpc) is 2.64. The molecule has 1 aliphatic rings. The van der Waals surface area contributed by atoms with Crippen molar-refractivity contribution in [1.29, 1.82) is 0 Å². The van der Waals surface area contributed by atoms with Gasteiger partial charge >= 0.3 is 0 Å². The Morgan fingerprint density at radius 1 is 1.28 bits per heavy atom. The predicted molar refractivity (Wildman–Crippen MR) is 67.3 cm³/mol. The summed E-state index contributed by atoms with van der Waals surface area (Å²) in [4.78, 5) is 5.28. The summed E-state index contributed by atoms with van der Waals surface area (Å²) in [5.41, 5.74) is 0.0895. The summed E-state index contributed by atoms with van der Waals surface area (Å²) in [6.45, 7) is 3.67. The molecular formula is C12H17N3O3. The predicted octanol–water partition coefficient (Wildman–Crippen LogP) is 1.31. The number of rotatable bonds is 3. The molecule has 0 atom stereocenters. The molecule has 1 aliphatic heterocycles. The van der Waals surface area contributed by atoms with Crippen LogP contribution in [0.3, 0.4) is 0 Å². The maximum Gasteiger partial charge on any atom is 0.218 e. The largest absolute Gasteiger partial charge is 0.497 e. The maximum absolute atomic E-state index is 5.97. The summed E-state index contributed by atoms with van der Waals surface area (Å²) in [6.07, 6.45) is 0. The molecule has 18 heavy (non-hydrogen) atoms. The van der Waals surface area contributed by atoms with Crippen LogP contribution >= 0.6 is 0 Å². The highest BCUT2D eigenvalue weighted by Crippen LogP contribution is 2.30. The van der Waals surface area contributed by atoms with Gasteiger partial charge in [-0.15, -0.1) is 0 Å². The van der Waals surface area contributed by atoms with E-state index in [1.165, 1.54) is 5.01 Å². The van der Waals surface area contributed by atoms with Crippen molar-refractivity contribution in [2.45, 2.75) is 19.6 Å². The van der Waals surface area contributed by atoms with Gasteiger partial charge in [0.05, 0.1) is 19.8 Å². The lowest BCUT2D eigenvalue weighted by Crippen LogP contribution is -2.49. The van der Waals surface area contributed by atoms with E-state index < -0.39 is 5.72 Å². The molecule has 1 aromatic rings. The van der Waals surface area contributed by atoms with Crippen molar-refractivity contribution >= 4 is 5.84 Å². The van der Waals surface area contributed by atoms with Gasteiger partial charge in [-0.3, -0.25) is 0 Å². The van der Waals surface area contributed by atoms with Crippen molar-refractivity contribution in [2.75, 3.05) is 14.2 Å². The molecule has 0 bridgehead atoms. The maximum atomic E-state index is 5.97. The van der Waals surface area contributed by atoms with E-state index in [4.69, 9.17) is 20.2 Å². The third kappa shape index (κ3) is 1.95. The van der Waals surface area contributed by atoms with Crippen LogP contribution in [-0.4, -0.2) is 30.8 Å². The highest BCUT2D eigenvalue weighted by Gasteiger charge is 2.37. The minimum Gasteiger partial charge on any atom is -0.497 e. The first kappa shape index (κ1) is 12.5. The molecule has 0 radical (unpaired) electrons. The molecule has 0 spiro atoms. The first-order valence-electron chi connectivity index (χ1n) is 5.53. The van der Waals surface area contributed by atoms with E-state index in [1.807, 2.05) is 26.0 Å². The molecule has 1 heterocycles. The minimum atomic E-state index is -0.666. The Morgan fingerprint density at radius 2 is 2.00 bits per heavy atom. The highest BCUT2D eigenvalue weighted by atomic mass is 16.7. The second-order valence-corrected chi connectivity index (χ2v) is 4.39. The molecule has 0 saturated heterocycles. The molecular weight excluding hydrogens is 234 g/mol. The van der Waals surface area contributed by atoms with Crippen LogP contribution in [0.25, 0.3) is 0 Å². The number of nitrogens with two attached hydrogens (primary N) is 1. The van der Waals surface area contributed by atoms with E-state index >= 15 is 0 Å². The van der Waals surface area contributed by atoms with Crippen LogP contribution in [0.1, 0.15) is 19.4 Å². The third-order valence-corrected chi connectivity index (χ3v) is 2.81. The van der Waals surface area contributed by atoms with E-state index in [0.29, 0.717) is 17.3 Å². The summed E-state index contributed by atoms with van der Waals surface area (Å²) in [5, 5.41) is 5.47. The van der Waals surface area contributed by atoms with Crippen LogP contribution in [0.4, 0.5) is 0 Å². The third-order valence-electron chi connectivity index (χ3n) is 2.81. The second kappa shape index (κ2) is 4.38. The zero-order valence-corrected chi connectivity index (χ0v) is 10.9. The molecule has 0 fully saturated rings. The molecule has 0 aliphatic carbocycles. The van der Waals surface area contributed by atoms with E-state index in [-0.39, 0.29) is 0 Å². The van der Waals surface area contributed by atoms with Gasteiger partial charge in [0.1, 0.15) is 11.5 Å². The second-order valence-electron chi connectivity index (χ2n) is 4.39. The average molecular weight is 251 g/mol. The van der Waals surface area contributed by atoms with Crippen LogP contribution in [0, 0.1) is 0 Å². The van der Waals surface area contributed by atoms with Crippen molar-refractivity contribution in [3.63, 3.8) is 0 Å². The topological polar surface area (TPSA) is 69.3 Å². The van der Waals surface area contributed by atoms with Crippen molar-refractivity contribution < 1.29 is 14.3 Å². The van der Waals surface area contributed by atoms with Gasteiger partial charge in [0.25, 0.3) is 0 Å². The number of hydrazine groups is 1. The van der Waals surface area contributed by atoms with Gasteiger partial charge in [-0.1, -0.05) is 5.16 Å². The molecule has 6 nitrogen and oxygen atoms in total. The Kier molecular flexibility index (Phi) is 3.04. The lowest BCUT2D eigenvalue weighted by molar-refractivity contribution is -0.0691. The monoisotopic (exact) mass is 251 g/mol. The number of benzene rings is 1. The number of oxime groups is 1. The van der Waals surface area contributed by atoms with Gasteiger partial charge in [0, 0.05) is 6.07 Å². The highest BCUT2D eigenvalue weighted by molar-refractivity contribution is 6.01. The van der Waals surface area contributed by atoms with Crippen molar-refractivity contribution in [1.82, 2.24) is 5.01 Å². The number of hydrogen-bond donors (Lipinski definition) is 1. The summed E-state index contributed by atoms with van der Waals surface area (Å²) in [6, 6.07) is 5.43. The molecule has 1 aromatic carbocycles. The van der Waals surface area contributed by atoms with Crippen molar-refractivity contribution in [3.05, 3.63) is 23.8 Å². The molecule has 0 amide bonds. The fraction of sp³-hybridized carbons (Fsp3) is 0.417. The molecule has 0 unspecified atom stereocenters. The zero-order chi connectivity index (χ0) is 13.3. The Labute approximate surface area is 106 Å². The Bertz CT molecular complexity index is 485. The summed E-state index contributed by atoms with van der Waals surface area (Å²) >= 11 is 0. The van der Waals surface area contributed by atoms with Crippen LogP contribution in [0.2, 0.25) is 0 Å². The quantitative estimate of drug-likeness (QED) is 0.820. The van der Waals surface area contributed by atoms with E-state index in [9.17, 15) is 0 Å². The first-order chi connectivity index (χ1) is 8.49. The smallest absolute Gasteiger partial charge is 0.218 e. The van der Waals surface area contributed by atoms with Gasteiger partial charge < -0.3 is 14.3 Å². The zero-order valence-electron chi connectivity index (χ0n) is 10.9.